The SMILES string of the molecule is O=S(=O)(NC1CCCC1)c1ccc(Cl)c(CO)c1. The number of sulfonamides is 1. The highest BCUT2D eigenvalue weighted by molar-refractivity contribution is 7.89. The predicted octanol–water partition coefficient (Wildman–Crippen LogP) is 2.05. The molecule has 0 radical (unpaired) electrons. The van der Waals surface area contributed by atoms with Crippen molar-refractivity contribution in [1.82, 2.24) is 4.72 Å². The van der Waals surface area contributed by atoms with Crippen LogP contribution in [-0.2, 0) is 16.6 Å². The maximum Gasteiger partial charge on any atom is 0.240 e. The van der Waals surface area contributed by atoms with Gasteiger partial charge >= 0.3 is 0 Å². The van der Waals surface area contributed by atoms with E-state index in [9.17, 15) is 8.42 Å². The predicted molar refractivity (Wildman–Crippen MR) is 70.0 cm³/mol. The Morgan fingerprint density at radius 2 is 2.00 bits per heavy atom. The van der Waals surface area contributed by atoms with Crippen LogP contribution in [0.1, 0.15) is 31.2 Å². The Morgan fingerprint density at radius 3 is 2.61 bits per heavy atom. The molecule has 2 N–H and O–H groups in total. The second kappa shape index (κ2) is 5.57. The van der Waals surface area contributed by atoms with E-state index >= 15 is 0 Å². The molecule has 1 aromatic rings. The Balaban J connectivity index is 2.23. The molecular weight excluding hydrogens is 274 g/mol. The zero-order chi connectivity index (χ0) is 13.2. The van der Waals surface area contributed by atoms with Gasteiger partial charge in [0.1, 0.15) is 0 Å². The minimum Gasteiger partial charge on any atom is -0.392 e. The Hall–Kier alpha value is -0.620. The quantitative estimate of drug-likeness (QED) is 0.891. The molecule has 1 saturated carbocycles. The summed E-state index contributed by atoms with van der Waals surface area (Å²) in [5.74, 6) is 0. The fourth-order valence-corrected chi connectivity index (χ4v) is 3.70. The Morgan fingerprint density at radius 1 is 1.33 bits per heavy atom. The minimum atomic E-state index is -3.51. The van der Waals surface area contributed by atoms with Crippen molar-refractivity contribution in [3.8, 4) is 0 Å². The third kappa shape index (κ3) is 3.03. The summed E-state index contributed by atoms with van der Waals surface area (Å²) in [5.41, 5.74) is 0.422. The summed E-state index contributed by atoms with van der Waals surface area (Å²) in [6, 6.07) is 4.40. The highest BCUT2D eigenvalue weighted by Crippen LogP contribution is 2.23. The normalized spacial score (nSPS) is 17.2. The highest BCUT2D eigenvalue weighted by atomic mass is 35.5. The van der Waals surface area contributed by atoms with Crippen LogP contribution in [0.4, 0.5) is 0 Å². The summed E-state index contributed by atoms with van der Waals surface area (Å²) in [4.78, 5) is 0.155. The van der Waals surface area contributed by atoms with Gasteiger partial charge < -0.3 is 5.11 Å². The van der Waals surface area contributed by atoms with Gasteiger partial charge in [0.2, 0.25) is 10.0 Å². The van der Waals surface area contributed by atoms with E-state index in [4.69, 9.17) is 16.7 Å². The molecule has 0 saturated heterocycles. The number of rotatable bonds is 4. The molecule has 0 spiro atoms. The first kappa shape index (κ1) is 13.8. The lowest BCUT2D eigenvalue weighted by Crippen LogP contribution is -2.32. The van der Waals surface area contributed by atoms with Crippen LogP contribution in [-0.4, -0.2) is 19.6 Å². The van der Waals surface area contributed by atoms with Gasteiger partial charge in [-0.05, 0) is 36.6 Å². The fourth-order valence-electron chi connectivity index (χ4n) is 2.17. The maximum atomic E-state index is 12.1. The van der Waals surface area contributed by atoms with Crippen LogP contribution in [0.15, 0.2) is 23.1 Å². The molecule has 4 nitrogen and oxygen atoms in total. The number of halogens is 1. The topological polar surface area (TPSA) is 66.4 Å². The molecule has 0 aromatic heterocycles. The van der Waals surface area contributed by atoms with E-state index in [2.05, 4.69) is 4.72 Å². The molecule has 0 heterocycles. The molecule has 1 aliphatic rings. The second-order valence-corrected chi connectivity index (χ2v) is 6.64. The first-order valence-electron chi connectivity index (χ1n) is 5.94. The van der Waals surface area contributed by atoms with Gasteiger partial charge in [-0.2, -0.15) is 0 Å². The van der Waals surface area contributed by atoms with E-state index < -0.39 is 10.0 Å². The largest absolute Gasteiger partial charge is 0.392 e. The van der Waals surface area contributed by atoms with Crippen molar-refractivity contribution in [2.45, 2.75) is 43.2 Å². The van der Waals surface area contributed by atoms with Crippen LogP contribution in [0.25, 0.3) is 0 Å². The molecular formula is C12H16ClNO3S. The average molecular weight is 290 g/mol. The lowest BCUT2D eigenvalue weighted by molar-refractivity contribution is 0.281. The minimum absolute atomic E-state index is 0.0308. The molecule has 6 heteroatoms. The van der Waals surface area contributed by atoms with Crippen LogP contribution in [0.2, 0.25) is 5.02 Å². The Kier molecular flexibility index (Phi) is 4.27. The first-order chi connectivity index (χ1) is 8.53. The molecule has 2 rings (SSSR count). The number of benzene rings is 1. The van der Waals surface area contributed by atoms with Crippen LogP contribution in [0.5, 0.6) is 0 Å². The molecule has 0 bridgehead atoms. The first-order valence-corrected chi connectivity index (χ1v) is 7.80. The molecule has 0 amide bonds. The van der Waals surface area contributed by atoms with Gasteiger partial charge in [-0.3, -0.25) is 0 Å². The maximum absolute atomic E-state index is 12.1. The second-order valence-electron chi connectivity index (χ2n) is 4.51. The molecule has 0 atom stereocenters. The van der Waals surface area contributed by atoms with Crippen molar-refractivity contribution in [1.29, 1.82) is 0 Å². The zero-order valence-corrected chi connectivity index (χ0v) is 11.5. The number of nitrogens with one attached hydrogen (secondary N) is 1. The lowest BCUT2D eigenvalue weighted by atomic mass is 10.2. The van der Waals surface area contributed by atoms with Crippen LogP contribution >= 0.6 is 11.6 Å². The molecule has 100 valence electrons. The summed E-state index contributed by atoms with van der Waals surface area (Å²) in [6.07, 6.45) is 3.91. The molecule has 1 fully saturated rings. The number of aliphatic hydroxyl groups is 1. The van der Waals surface area contributed by atoms with Gasteiger partial charge in [-0.15, -0.1) is 0 Å². The summed E-state index contributed by atoms with van der Waals surface area (Å²) >= 11 is 5.84. The van der Waals surface area contributed by atoms with E-state index in [1.807, 2.05) is 0 Å². The number of hydrogen-bond donors (Lipinski definition) is 2. The molecule has 18 heavy (non-hydrogen) atoms. The zero-order valence-electron chi connectivity index (χ0n) is 9.89. The van der Waals surface area contributed by atoms with Crippen LogP contribution in [0, 0.1) is 0 Å². The van der Waals surface area contributed by atoms with E-state index in [1.165, 1.54) is 18.2 Å². The number of aliphatic hydroxyl groups excluding tert-OH is 1. The third-order valence-electron chi connectivity index (χ3n) is 3.17. The van der Waals surface area contributed by atoms with E-state index in [1.54, 1.807) is 0 Å². The van der Waals surface area contributed by atoms with Crippen molar-refractivity contribution in [3.05, 3.63) is 28.8 Å². The monoisotopic (exact) mass is 289 g/mol. The van der Waals surface area contributed by atoms with E-state index in [0.717, 1.165) is 25.7 Å². The number of hydrogen-bond acceptors (Lipinski definition) is 3. The summed E-state index contributed by atoms with van der Waals surface area (Å²) in [7, 11) is -3.51. The van der Waals surface area contributed by atoms with E-state index in [0.29, 0.717) is 10.6 Å². The van der Waals surface area contributed by atoms with Crippen LogP contribution in [0.3, 0.4) is 0 Å². The summed E-state index contributed by atoms with van der Waals surface area (Å²) < 4.78 is 27.0. The third-order valence-corrected chi connectivity index (χ3v) is 5.06. The van der Waals surface area contributed by atoms with Crippen molar-refractivity contribution >= 4 is 21.6 Å². The average Bonchev–Trinajstić information content (AvgIpc) is 2.81. The Bertz CT molecular complexity index is 524. The smallest absolute Gasteiger partial charge is 0.240 e. The van der Waals surface area contributed by atoms with Gasteiger partial charge in [0.25, 0.3) is 0 Å². The lowest BCUT2D eigenvalue weighted by Gasteiger charge is -2.13. The summed E-state index contributed by atoms with van der Waals surface area (Å²) in [6.45, 7) is -0.272. The van der Waals surface area contributed by atoms with Crippen molar-refractivity contribution in [2.75, 3.05) is 0 Å². The standard InChI is InChI=1S/C12H16ClNO3S/c13-12-6-5-11(7-9(12)8-15)18(16,17)14-10-3-1-2-4-10/h5-7,10,14-15H,1-4,8H2. The molecule has 0 unspecified atom stereocenters. The molecule has 1 aromatic carbocycles. The van der Waals surface area contributed by atoms with Gasteiger partial charge in [0, 0.05) is 11.1 Å². The van der Waals surface area contributed by atoms with Crippen LogP contribution < -0.4 is 4.72 Å². The van der Waals surface area contributed by atoms with Gasteiger partial charge in [0.15, 0.2) is 0 Å². The van der Waals surface area contributed by atoms with Gasteiger partial charge in [0.05, 0.1) is 11.5 Å². The van der Waals surface area contributed by atoms with Crippen molar-refractivity contribution in [3.63, 3.8) is 0 Å². The van der Waals surface area contributed by atoms with Crippen molar-refractivity contribution < 1.29 is 13.5 Å². The van der Waals surface area contributed by atoms with Crippen molar-refractivity contribution in [2.24, 2.45) is 0 Å². The molecule has 1 aliphatic carbocycles. The molecule has 0 aliphatic heterocycles. The van der Waals surface area contributed by atoms with Gasteiger partial charge in [-0.25, -0.2) is 13.1 Å². The fraction of sp³-hybridized carbons (Fsp3) is 0.500. The summed E-state index contributed by atoms with van der Waals surface area (Å²) in [5, 5.41) is 9.47. The van der Waals surface area contributed by atoms with Gasteiger partial charge in [-0.1, -0.05) is 24.4 Å². The highest BCUT2D eigenvalue weighted by Gasteiger charge is 2.23. The van der Waals surface area contributed by atoms with E-state index in [-0.39, 0.29) is 17.5 Å². The Labute approximate surface area is 112 Å².